The van der Waals surface area contributed by atoms with Crippen molar-refractivity contribution < 1.29 is 14.3 Å². The summed E-state index contributed by atoms with van der Waals surface area (Å²) in [5.41, 5.74) is 1.32. The van der Waals surface area contributed by atoms with Crippen molar-refractivity contribution in [3.63, 3.8) is 0 Å². The zero-order valence-corrected chi connectivity index (χ0v) is 16.6. The molecule has 1 aromatic heterocycles. The van der Waals surface area contributed by atoms with Gasteiger partial charge in [0.25, 0.3) is 11.5 Å². The van der Waals surface area contributed by atoms with Gasteiger partial charge in [0.15, 0.2) is 11.5 Å². The van der Waals surface area contributed by atoms with Gasteiger partial charge in [0.2, 0.25) is 0 Å². The van der Waals surface area contributed by atoms with Crippen LogP contribution in [0, 0.1) is 0 Å². The Balaban J connectivity index is 2.14. The van der Waals surface area contributed by atoms with Crippen molar-refractivity contribution in [1.82, 2.24) is 9.47 Å². The standard InChI is InChI=1S/C22H24N2O4/c1-5-24-14-18(21(25)23(2)13-15-9-7-6-8-10-15)16-11-19(27-3)20(28-4)12-17(16)22(24)26/h6-12,14H,5,13H2,1-4H3. The minimum atomic E-state index is -0.166. The molecule has 1 amide bonds. The van der Waals surface area contributed by atoms with E-state index in [9.17, 15) is 9.59 Å². The first-order chi connectivity index (χ1) is 13.5. The summed E-state index contributed by atoms with van der Waals surface area (Å²) in [6.45, 7) is 2.81. The maximum Gasteiger partial charge on any atom is 0.258 e. The number of amides is 1. The Morgan fingerprint density at radius 3 is 2.21 bits per heavy atom. The number of nitrogens with zero attached hydrogens (tertiary/aromatic N) is 2. The number of aromatic nitrogens is 1. The lowest BCUT2D eigenvalue weighted by Gasteiger charge is -2.20. The number of fused-ring (bicyclic) bond motifs is 1. The second-order valence-electron chi connectivity index (χ2n) is 6.53. The molecule has 3 rings (SSSR count). The molecule has 0 saturated carbocycles. The van der Waals surface area contributed by atoms with E-state index in [2.05, 4.69) is 0 Å². The van der Waals surface area contributed by atoms with Gasteiger partial charge >= 0.3 is 0 Å². The zero-order chi connectivity index (χ0) is 20.3. The molecule has 0 aliphatic heterocycles. The zero-order valence-electron chi connectivity index (χ0n) is 16.6. The number of ether oxygens (including phenoxy) is 2. The lowest BCUT2D eigenvalue weighted by Crippen LogP contribution is -2.29. The van der Waals surface area contributed by atoms with Crippen molar-refractivity contribution in [2.45, 2.75) is 20.0 Å². The Morgan fingerprint density at radius 2 is 1.64 bits per heavy atom. The molecule has 0 aliphatic carbocycles. The molecule has 3 aromatic rings. The third-order valence-electron chi connectivity index (χ3n) is 4.77. The maximum atomic E-state index is 13.2. The second kappa shape index (κ2) is 8.17. The van der Waals surface area contributed by atoms with E-state index in [-0.39, 0.29) is 11.5 Å². The van der Waals surface area contributed by atoms with Crippen LogP contribution in [0.3, 0.4) is 0 Å². The number of hydrogen-bond donors (Lipinski definition) is 0. The number of hydrogen-bond acceptors (Lipinski definition) is 4. The Kier molecular flexibility index (Phi) is 5.68. The number of carbonyl (C=O) groups is 1. The van der Waals surface area contributed by atoms with Gasteiger partial charge in [-0.15, -0.1) is 0 Å². The second-order valence-corrected chi connectivity index (χ2v) is 6.53. The van der Waals surface area contributed by atoms with Crippen LogP contribution in [0.5, 0.6) is 11.5 Å². The summed E-state index contributed by atoms with van der Waals surface area (Å²) in [4.78, 5) is 27.7. The van der Waals surface area contributed by atoms with Gasteiger partial charge in [-0.1, -0.05) is 30.3 Å². The first-order valence-corrected chi connectivity index (χ1v) is 9.08. The van der Waals surface area contributed by atoms with Gasteiger partial charge in [-0.3, -0.25) is 9.59 Å². The number of aryl methyl sites for hydroxylation is 1. The summed E-state index contributed by atoms with van der Waals surface area (Å²) >= 11 is 0. The Bertz CT molecular complexity index is 1060. The molecular weight excluding hydrogens is 356 g/mol. The molecular formula is C22H24N2O4. The fourth-order valence-electron chi connectivity index (χ4n) is 3.26. The smallest absolute Gasteiger partial charge is 0.258 e. The molecule has 0 saturated heterocycles. The summed E-state index contributed by atoms with van der Waals surface area (Å²) in [6, 6.07) is 13.1. The van der Waals surface area contributed by atoms with E-state index in [4.69, 9.17) is 9.47 Å². The van der Waals surface area contributed by atoms with Crippen molar-refractivity contribution in [3.05, 3.63) is 70.1 Å². The summed E-state index contributed by atoms with van der Waals surface area (Å²) in [5.74, 6) is 0.767. The molecule has 0 unspecified atom stereocenters. The molecule has 0 bridgehead atoms. The molecule has 0 atom stereocenters. The molecule has 6 nitrogen and oxygen atoms in total. The molecule has 0 N–H and O–H groups in total. The van der Waals surface area contributed by atoms with Crippen LogP contribution in [0.2, 0.25) is 0 Å². The van der Waals surface area contributed by atoms with Gasteiger partial charge < -0.3 is 18.9 Å². The lowest BCUT2D eigenvalue weighted by atomic mass is 10.0. The fourth-order valence-corrected chi connectivity index (χ4v) is 3.26. The highest BCUT2D eigenvalue weighted by atomic mass is 16.5. The molecule has 2 aromatic carbocycles. The summed E-state index contributed by atoms with van der Waals surface area (Å²) in [7, 11) is 4.80. The quantitative estimate of drug-likeness (QED) is 0.658. The molecule has 0 fully saturated rings. The monoisotopic (exact) mass is 380 g/mol. The highest BCUT2D eigenvalue weighted by Gasteiger charge is 2.20. The SMILES string of the molecule is CCn1cc(C(=O)N(C)Cc2ccccc2)c2cc(OC)c(OC)cc2c1=O. The Hall–Kier alpha value is -3.28. The molecule has 0 aliphatic rings. The van der Waals surface area contributed by atoms with Crippen LogP contribution in [0.1, 0.15) is 22.8 Å². The third-order valence-corrected chi connectivity index (χ3v) is 4.77. The number of methoxy groups -OCH3 is 2. The minimum absolute atomic E-state index is 0.164. The van der Waals surface area contributed by atoms with Crippen molar-refractivity contribution >= 4 is 16.7 Å². The predicted molar refractivity (Wildman–Crippen MR) is 109 cm³/mol. The van der Waals surface area contributed by atoms with Crippen LogP contribution < -0.4 is 15.0 Å². The first-order valence-electron chi connectivity index (χ1n) is 9.08. The van der Waals surface area contributed by atoms with Crippen LogP contribution in [0.15, 0.2) is 53.5 Å². The number of benzene rings is 2. The van der Waals surface area contributed by atoms with Crippen LogP contribution in [0.25, 0.3) is 10.8 Å². The molecule has 146 valence electrons. The van der Waals surface area contributed by atoms with E-state index in [1.807, 2.05) is 37.3 Å². The van der Waals surface area contributed by atoms with E-state index in [0.29, 0.717) is 40.9 Å². The number of pyridine rings is 1. The van der Waals surface area contributed by atoms with E-state index < -0.39 is 0 Å². The minimum Gasteiger partial charge on any atom is -0.493 e. The molecule has 28 heavy (non-hydrogen) atoms. The average Bonchev–Trinajstić information content (AvgIpc) is 2.73. The summed E-state index contributed by atoms with van der Waals surface area (Å²) in [6.07, 6.45) is 1.63. The van der Waals surface area contributed by atoms with Crippen LogP contribution in [-0.2, 0) is 13.1 Å². The molecule has 6 heteroatoms. The third kappa shape index (κ3) is 3.58. The Labute approximate surface area is 163 Å². The largest absolute Gasteiger partial charge is 0.493 e. The normalized spacial score (nSPS) is 10.7. The van der Waals surface area contributed by atoms with Gasteiger partial charge in [-0.25, -0.2) is 0 Å². The Morgan fingerprint density at radius 1 is 1.04 bits per heavy atom. The van der Waals surface area contributed by atoms with Gasteiger partial charge in [-0.2, -0.15) is 0 Å². The highest BCUT2D eigenvalue weighted by Crippen LogP contribution is 2.32. The van der Waals surface area contributed by atoms with Crippen LogP contribution in [-0.4, -0.2) is 36.6 Å². The molecule has 0 spiro atoms. The van der Waals surface area contributed by atoms with Crippen molar-refractivity contribution in [1.29, 1.82) is 0 Å². The van der Waals surface area contributed by atoms with Crippen molar-refractivity contribution in [2.24, 2.45) is 0 Å². The lowest BCUT2D eigenvalue weighted by molar-refractivity contribution is 0.0786. The first kappa shape index (κ1) is 19.5. The average molecular weight is 380 g/mol. The van der Waals surface area contributed by atoms with Crippen LogP contribution >= 0.6 is 0 Å². The molecule has 0 radical (unpaired) electrons. The highest BCUT2D eigenvalue weighted by molar-refractivity contribution is 6.07. The van der Waals surface area contributed by atoms with Crippen LogP contribution in [0.4, 0.5) is 0 Å². The number of carbonyl (C=O) groups excluding carboxylic acids is 1. The van der Waals surface area contributed by atoms with Gasteiger partial charge in [0.1, 0.15) is 0 Å². The van der Waals surface area contributed by atoms with E-state index >= 15 is 0 Å². The summed E-state index contributed by atoms with van der Waals surface area (Å²) in [5, 5.41) is 0.982. The predicted octanol–water partition coefficient (Wildman–Crippen LogP) is 3.31. The number of rotatable bonds is 6. The fraction of sp³-hybridized carbons (Fsp3) is 0.273. The van der Waals surface area contributed by atoms with E-state index in [1.54, 1.807) is 30.3 Å². The topological polar surface area (TPSA) is 60.8 Å². The van der Waals surface area contributed by atoms with Gasteiger partial charge in [0.05, 0.1) is 25.2 Å². The maximum absolute atomic E-state index is 13.2. The van der Waals surface area contributed by atoms with Crippen molar-refractivity contribution in [2.75, 3.05) is 21.3 Å². The van der Waals surface area contributed by atoms with Gasteiger partial charge in [0, 0.05) is 31.7 Å². The van der Waals surface area contributed by atoms with Crippen molar-refractivity contribution in [3.8, 4) is 11.5 Å². The van der Waals surface area contributed by atoms with E-state index in [0.717, 1.165) is 5.56 Å². The summed E-state index contributed by atoms with van der Waals surface area (Å²) < 4.78 is 12.2. The molecule has 1 heterocycles. The van der Waals surface area contributed by atoms with E-state index in [1.165, 1.54) is 18.8 Å². The van der Waals surface area contributed by atoms with Gasteiger partial charge in [-0.05, 0) is 24.6 Å².